The zero-order chi connectivity index (χ0) is 13.1. The van der Waals surface area contributed by atoms with Gasteiger partial charge in [0, 0.05) is 16.8 Å². The average Bonchev–Trinajstić information content (AvgIpc) is 2.28. The molecule has 2 heterocycles. The third kappa shape index (κ3) is 2.68. The monoisotopic (exact) mass is 260 g/mol. The van der Waals surface area contributed by atoms with E-state index in [0.717, 1.165) is 10.7 Å². The molecule has 0 atom stereocenters. The fourth-order valence-corrected chi connectivity index (χ4v) is 2.71. The fourth-order valence-electron chi connectivity index (χ4n) is 1.65. The number of aromatic nitrogens is 2. The molecule has 0 radical (unpaired) electrons. The maximum atomic E-state index is 11.3. The van der Waals surface area contributed by atoms with Crippen molar-refractivity contribution >= 4 is 17.7 Å². The molecule has 18 heavy (non-hydrogen) atoms. The summed E-state index contributed by atoms with van der Waals surface area (Å²) in [5.74, 6) is -0.960. The van der Waals surface area contributed by atoms with Crippen LogP contribution in [0.2, 0.25) is 0 Å². The van der Waals surface area contributed by atoms with E-state index in [9.17, 15) is 9.90 Å². The van der Waals surface area contributed by atoms with E-state index < -0.39 is 5.97 Å². The van der Waals surface area contributed by atoms with E-state index in [-0.39, 0.29) is 5.56 Å². The molecule has 2 aromatic heterocycles. The maximum Gasteiger partial charge on any atom is 0.338 e. The van der Waals surface area contributed by atoms with Gasteiger partial charge in [-0.3, -0.25) is 4.98 Å². The number of carboxylic acids is 1. The molecule has 0 unspecified atom stereocenters. The zero-order valence-corrected chi connectivity index (χ0v) is 10.9. The van der Waals surface area contributed by atoms with Gasteiger partial charge in [0.25, 0.3) is 0 Å². The van der Waals surface area contributed by atoms with Crippen LogP contribution in [-0.4, -0.2) is 21.0 Å². The molecule has 0 aromatic carbocycles. The average molecular weight is 260 g/mol. The number of hydrogen-bond donors (Lipinski definition) is 1. The Bertz CT molecular complexity index is 585. The number of pyridine rings is 2. The molecular formula is C13H12N2O2S. The normalized spacial score (nSPS) is 10.3. The molecule has 1 N–H and O–H groups in total. The molecule has 2 rings (SSSR count). The third-order valence-electron chi connectivity index (χ3n) is 2.36. The summed E-state index contributed by atoms with van der Waals surface area (Å²) in [4.78, 5) is 20.3. The van der Waals surface area contributed by atoms with Crippen LogP contribution >= 0.6 is 11.8 Å². The summed E-state index contributed by atoms with van der Waals surface area (Å²) < 4.78 is 0. The Kier molecular flexibility index (Phi) is 3.62. The van der Waals surface area contributed by atoms with Gasteiger partial charge in [-0.1, -0.05) is 17.8 Å². The number of nitrogens with zero attached hydrogens (tertiary/aromatic N) is 2. The molecule has 0 aliphatic carbocycles. The van der Waals surface area contributed by atoms with Crippen molar-refractivity contribution in [1.29, 1.82) is 0 Å². The summed E-state index contributed by atoms with van der Waals surface area (Å²) in [6.07, 6.45) is 1.68. The molecule has 0 aliphatic heterocycles. The predicted molar refractivity (Wildman–Crippen MR) is 69.0 cm³/mol. The highest BCUT2D eigenvalue weighted by molar-refractivity contribution is 7.99. The van der Waals surface area contributed by atoms with Crippen LogP contribution in [0.3, 0.4) is 0 Å². The van der Waals surface area contributed by atoms with Crippen molar-refractivity contribution in [1.82, 2.24) is 9.97 Å². The summed E-state index contributed by atoms with van der Waals surface area (Å²) in [6.45, 7) is 3.56. The van der Waals surface area contributed by atoms with Gasteiger partial charge >= 0.3 is 5.97 Å². The Morgan fingerprint density at radius 3 is 2.72 bits per heavy atom. The maximum absolute atomic E-state index is 11.3. The molecule has 0 saturated carbocycles. The van der Waals surface area contributed by atoms with Gasteiger partial charge < -0.3 is 5.11 Å². The molecule has 0 amide bonds. The van der Waals surface area contributed by atoms with E-state index in [4.69, 9.17) is 0 Å². The molecule has 0 saturated heterocycles. The van der Waals surface area contributed by atoms with Gasteiger partial charge in [-0.15, -0.1) is 0 Å². The number of rotatable bonds is 3. The van der Waals surface area contributed by atoms with E-state index >= 15 is 0 Å². The van der Waals surface area contributed by atoms with E-state index in [2.05, 4.69) is 9.97 Å². The second kappa shape index (κ2) is 5.18. The van der Waals surface area contributed by atoms with Crippen LogP contribution in [0.1, 0.15) is 21.7 Å². The smallest absolute Gasteiger partial charge is 0.338 e. The van der Waals surface area contributed by atoms with Gasteiger partial charge in [-0.25, -0.2) is 9.78 Å². The Labute approximate surface area is 109 Å². The number of aryl methyl sites for hydroxylation is 2. The third-order valence-corrected chi connectivity index (χ3v) is 3.35. The Morgan fingerprint density at radius 1 is 1.33 bits per heavy atom. The van der Waals surface area contributed by atoms with Gasteiger partial charge in [0.2, 0.25) is 0 Å². The Hall–Kier alpha value is -1.88. The lowest BCUT2D eigenvalue weighted by Gasteiger charge is -2.08. The standard InChI is InChI=1S/C13H12N2O2S/c1-8-7-10(12(13(16)17)9(2)15-8)18-11-5-3-4-6-14-11/h3-7H,1-2H3,(H,16,17). The van der Waals surface area contributed by atoms with Gasteiger partial charge in [-0.05, 0) is 32.0 Å². The number of aromatic carboxylic acids is 1. The molecule has 5 heteroatoms. The van der Waals surface area contributed by atoms with E-state index in [1.807, 2.05) is 25.1 Å². The first kappa shape index (κ1) is 12.6. The van der Waals surface area contributed by atoms with Gasteiger partial charge in [0.05, 0.1) is 11.3 Å². The first-order valence-electron chi connectivity index (χ1n) is 5.38. The van der Waals surface area contributed by atoms with Crippen molar-refractivity contribution in [3.8, 4) is 0 Å². The van der Waals surface area contributed by atoms with Crippen molar-refractivity contribution < 1.29 is 9.90 Å². The van der Waals surface area contributed by atoms with E-state index in [1.165, 1.54) is 11.8 Å². The lowest BCUT2D eigenvalue weighted by molar-refractivity contribution is 0.0691. The highest BCUT2D eigenvalue weighted by Crippen LogP contribution is 2.30. The summed E-state index contributed by atoms with van der Waals surface area (Å²) in [5, 5.41) is 10.0. The number of carboxylic acid groups (broad SMARTS) is 1. The SMILES string of the molecule is Cc1cc(Sc2ccccn2)c(C(=O)O)c(C)n1. The number of carbonyl (C=O) groups is 1. The zero-order valence-electron chi connectivity index (χ0n) is 10.0. The first-order valence-corrected chi connectivity index (χ1v) is 6.20. The fraction of sp³-hybridized carbons (Fsp3) is 0.154. The molecule has 4 nitrogen and oxygen atoms in total. The van der Waals surface area contributed by atoms with Crippen LogP contribution in [0.15, 0.2) is 40.4 Å². The van der Waals surface area contributed by atoms with Gasteiger partial charge in [0.15, 0.2) is 0 Å². The van der Waals surface area contributed by atoms with E-state index in [1.54, 1.807) is 19.2 Å². The largest absolute Gasteiger partial charge is 0.478 e. The Morgan fingerprint density at radius 2 is 2.11 bits per heavy atom. The molecule has 0 aliphatic rings. The van der Waals surface area contributed by atoms with Crippen LogP contribution < -0.4 is 0 Å². The molecule has 0 spiro atoms. The quantitative estimate of drug-likeness (QED) is 0.919. The van der Waals surface area contributed by atoms with Crippen LogP contribution in [0.4, 0.5) is 0 Å². The summed E-state index contributed by atoms with van der Waals surface area (Å²) in [6, 6.07) is 7.32. The van der Waals surface area contributed by atoms with Crippen LogP contribution in [0, 0.1) is 13.8 Å². The predicted octanol–water partition coefficient (Wildman–Crippen LogP) is 2.94. The summed E-state index contributed by atoms with van der Waals surface area (Å²) in [7, 11) is 0. The van der Waals surface area contributed by atoms with Gasteiger partial charge in [-0.2, -0.15) is 0 Å². The van der Waals surface area contributed by atoms with Gasteiger partial charge in [0.1, 0.15) is 5.03 Å². The van der Waals surface area contributed by atoms with E-state index in [0.29, 0.717) is 10.6 Å². The molecular weight excluding hydrogens is 248 g/mol. The van der Waals surface area contributed by atoms with Crippen LogP contribution in [0.5, 0.6) is 0 Å². The van der Waals surface area contributed by atoms with Crippen LogP contribution in [-0.2, 0) is 0 Å². The van der Waals surface area contributed by atoms with Crippen molar-refractivity contribution in [3.05, 3.63) is 47.4 Å². The van der Waals surface area contributed by atoms with Crippen molar-refractivity contribution in [3.63, 3.8) is 0 Å². The summed E-state index contributed by atoms with van der Waals surface area (Å²) in [5.41, 5.74) is 1.58. The highest BCUT2D eigenvalue weighted by Gasteiger charge is 2.16. The lowest BCUT2D eigenvalue weighted by atomic mass is 10.2. The second-order valence-corrected chi connectivity index (χ2v) is 4.86. The van der Waals surface area contributed by atoms with Crippen LogP contribution in [0.25, 0.3) is 0 Å². The molecule has 0 bridgehead atoms. The lowest BCUT2D eigenvalue weighted by Crippen LogP contribution is -2.05. The first-order chi connectivity index (χ1) is 8.58. The Balaban J connectivity index is 2.46. The topological polar surface area (TPSA) is 63.1 Å². The minimum absolute atomic E-state index is 0.247. The number of hydrogen-bond acceptors (Lipinski definition) is 4. The van der Waals surface area contributed by atoms with Crippen molar-refractivity contribution in [2.24, 2.45) is 0 Å². The second-order valence-electron chi connectivity index (χ2n) is 3.80. The highest BCUT2D eigenvalue weighted by atomic mass is 32.2. The minimum atomic E-state index is -0.960. The summed E-state index contributed by atoms with van der Waals surface area (Å²) >= 11 is 1.34. The molecule has 2 aromatic rings. The molecule has 0 fully saturated rings. The van der Waals surface area contributed by atoms with Crippen molar-refractivity contribution in [2.45, 2.75) is 23.8 Å². The van der Waals surface area contributed by atoms with Crippen molar-refractivity contribution in [2.75, 3.05) is 0 Å². The minimum Gasteiger partial charge on any atom is -0.478 e. The molecule has 92 valence electrons.